The zero-order valence-corrected chi connectivity index (χ0v) is 10.9. The van der Waals surface area contributed by atoms with Gasteiger partial charge < -0.3 is 10.0 Å². The summed E-state index contributed by atoms with van der Waals surface area (Å²) in [5, 5.41) is 9.00. The van der Waals surface area contributed by atoms with E-state index >= 15 is 0 Å². The highest BCUT2D eigenvalue weighted by atomic mass is 32.2. The fourth-order valence-corrected chi connectivity index (χ4v) is 2.82. The van der Waals surface area contributed by atoms with Gasteiger partial charge in [0.15, 0.2) is 0 Å². The molecule has 0 saturated carbocycles. The van der Waals surface area contributed by atoms with Crippen LogP contribution < -0.4 is 0 Å². The van der Waals surface area contributed by atoms with E-state index in [9.17, 15) is 8.42 Å². The van der Waals surface area contributed by atoms with Gasteiger partial charge in [-0.2, -0.15) is 0 Å². The first-order chi connectivity index (χ1) is 7.51. The smallest absolute Gasteiger partial charge is 0.147 e. The van der Waals surface area contributed by atoms with Crippen molar-refractivity contribution in [1.82, 2.24) is 4.90 Å². The molecule has 0 bridgehead atoms. The summed E-state index contributed by atoms with van der Waals surface area (Å²) in [6, 6.07) is 0. The van der Waals surface area contributed by atoms with Crippen molar-refractivity contribution >= 4 is 9.84 Å². The summed E-state index contributed by atoms with van der Waals surface area (Å²) >= 11 is 0. The van der Waals surface area contributed by atoms with Crippen LogP contribution in [0.4, 0.5) is 0 Å². The average Bonchev–Trinajstić information content (AvgIpc) is 2.24. The van der Waals surface area contributed by atoms with Gasteiger partial charge in [-0.15, -0.1) is 0 Å². The number of unbranched alkanes of at least 4 members (excludes halogenated alkanes) is 1. The number of aliphatic hydroxyl groups excluding tert-OH is 1. The van der Waals surface area contributed by atoms with Gasteiger partial charge in [0.1, 0.15) is 9.84 Å². The highest BCUT2D eigenvalue weighted by Crippen LogP contribution is 2.16. The molecule has 0 aliphatic carbocycles. The number of aliphatic hydroxyl groups is 1. The van der Waals surface area contributed by atoms with Crippen LogP contribution in [0.3, 0.4) is 0 Å². The van der Waals surface area contributed by atoms with Gasteiger partial charge in [0, 0.05) is 18.6 Å². The first-order valence-electron chi connectivity index (χ1n) is 6.02. The largest absolute Gasteiger partial charge is 0.396 e. The van der Waals surface area contributed by atoms with Crippen molar-refractivity contribution in [2.45, 2.75) is 25.7 Å². The molecule has 5 heteroatoms. The summed E-state index contributed by atoms with van der Waals surface area (Å²) in [5.41, 5.74) is 0. The molecule has 0 aromatic carbocycles. The average molecular weight is 249 g/mol. The van der Waals surface area contributed by atoms with E-state index in [1.807, 2.05) is 0 Å². The molecule has 0 unspecified atom stereocenters. The van der Waals surface area contributed by atoms with Gasteiger partial charge >= 0.3 is 0 Å². The molecule has 1 aliphatic heterocycles. The van der Waals surface area contributed by atoms with Crippen LogP contribution in [0.1, 0.15) is 25.7 Å². The second-order valence-corrected chi connectivity index (χ2v) is 7.06. The Balaban J connectivity index is 2.07. The first-order valence-corrected chi connectivity index (χ1v) is 8.08. The lowest BCUT2D eigenvalue weighted by molar-refractivity contribution is 0.131. The lowest BCUT2D eigenvalue weighted by Crippen LogP contribution is -2.35. The van der Waals surface area contributed by atoms with E-state index < -0.39 is 9.84 Å². The Kier molecular flexibility index (Phi) is 5.72. The Morgan fingerprint density at radius 2 is 1.88 bits per heavy atom. The van der Waals surface area contributed by atoms with Crippen molar-refractivity contribution in [3.05, 3.63) is 0 Å². The highest BCUT2D eigenvalue weighted by molar-refractivity contribution is 7.90. The number of nitrogens with zero attached hydrogens (tertiary/aromatic N) is 1. The van der Waals surface area contributed by atoms with Crippen LogP contribution in [-0.4, -0.2) is 56.7 Å². The summed E-state index contributed by atoms with van der Waals surface area (Å²) in [6.45, 7) is 3.39. The summed E-state index contributed by atoms with van der Waals surface area (Å²) in [6.07, 6.45) is 5.15. The van der Waals surface area contributed by atoms with Gasteiger partial charge in [-0.1, -0.05) is 0 Å². The van der Waals surface area contributed by atoms with E-state index in [0.29, 0.717) is 18.3 Å². The topological polar surface area (TPSA) is 57.6 Å². The minimum absolute atomic E-state index is 0.306. The standard InChI is InChI=1S/C11H23NO3S/c1-16(14,15)9-3-2-6-12-7-4-11(10-13)5-8-12/h11,13H,2-10H2,1H3. The zero-order valence-electron chi connectivity index (χ0n) is 10.1. The molecular formula is C11H23NO3S. The van der Waals surface area contributed by atoms with E-state index in [4.69, 9.17) is 5.11 Å². The second-order valence-electron chi connectivity index (χ2n) is 4.80. The fourth-order valence-electron chi connectivity index (χ4n) is 2.09. The summed E-state index contributed by atoms with van der Waals surface area (Å²) < 4.78 is 21.8. The molecule has 0 aromatic rings. The van der Waals surface area contributed by atoms with E-state index in [0.717, 1.165) is 45.3 Å². The molecule has 1 heterocycles. The lowest BCUT2D eigenvalue weighted by Gasteiger charge is -2.30. The maximum absolute atomic E-state index is 10.9. The molecule has 1 fully saturated rings. The predicted molar refractivity (Wildman–Crippen MR) is 65.2 cm³/mol. The maximum atomic E-state index is 10.9. The summed E-state index contributed by atoms with van der Waals surface area (Å²) in [7, 11) is -2.79. The monoisotopic (exact) mass is 249 g/mol. The molecule has 0 spiro atoms. The lowest BCUT2D eigenvalue weighted by atomic mass is 9.98. The molecule has 4 nitrogen and oxygen atoms in total. The van der Waals surface area contributed by atoms with Crippen molar-refractivity contribution in [1.29, 1.82) is 0 Å². The van der Waals surface area contributed by atoms with Crippen LogP contribution in [0, 0.1) is 5.92 Å². The van der Waals surface area contributed by atoms with Crippen LogP contribution in [0.5, 0.6) is 0 Å². The third-order valence-corrected chi connectivity index (χ3v) is 4.24. The van der Waals surface area contributed by atoms with Gasteiger partial charge in [0.2, 0.25) is 0 Å². The molecule has 0 aromatic heterocycles. The van der Waals surface area contributed by atoms with E-state index in [-0.39, 0.29) is 0 Å². The Labute approximate surface area is 98.6 Å². The quantitative estimate of drug-likeness (QED) is 0.697. The van der Waals surface area contributed by atoms with Crippen molar-refractivity contribution in [2.24, 2.45) is 5.92 Å². The van der Waals surface area contributed by atoms with Gasteiger partial charge in [-0.3, -0.25) is 0 Å². The minimum Gasteiger partial charge on any atom is -0.396 e. The van der Waals surface area contributed by atoms with Crippen LogP contribution >= 0.6 is 0 Å². The number of likely N-dealkylation sites (tertiary alicyclic amines) is 1. The van der Waals surface area contributed by atoms with Gasteiger partial charge in [-0.25, -0.2) is 8.42 Å². The van der Waals surface area contributed by atoms with Gasteiger partial charge in [-0.05, 0) is 51.2 Å². The van der Waals surface area contributed by atoms with Gasteiger partial charge in [0.25, 0.3) is 0 Å². The molecule has 1 rings (SSSR count). The summed E-state index contributed by atoms with van der Waals surface area (Å²) in [5.74, 6) is 0.785. The van der Waals surface area contributed by atoms with Crippen molar-refractivity contribution < 1.29 is 13.5 Å². The number of piperidine rings is 1. The number of rotatable bonds is 6. The molecule has 96 valence electrons. The molecular weight excluding hydrogens is 226 g/mol. The van der Waals surface area contributed by atoms with Crippen molar-refractivity contribution in [3.63, 3.8) is 0 Å². The van der Waals surface area contributed by atoms with E-state index in [1.165, 1.54) is 6.26 Å². The summed E-state index contributed by atoms with van der Waals surface area (Å²) in [4.78, 5) is 2.37. The molecule has 16 heavy (non-hydrogen) atoms. The van der Waals surface area contributed by atoms with Crippen LogP contribution in [0.25, 0.3) is 0 Å². The van der Waals surface area contributed by atoms with E-state index in [1.54, 1.807) is 0 Å². The van der Waals surface area contributed by atoms with Crippen LogP contribution in [-0.2, 0) is 9.84 Å². The fraction of sp³-hybridized carbons (Fsp3) is 1.00. The molecule has 0 atom stereocenters. The second kappa shape index (κ2) is 6.57. The Bertz CT molecular complexity index is 282. The number of hydrogen-bond donors (Lipinski definition) is 1. The third kappa shape index (κ3) is 5.82. The third-order valence-electron chi connectivity index (χ3n) is 3.20. The first kappa shape index (κ1) is 13.9. The minimum atomic E-state index is -2.79. The van der Waals surface area contributed by atoms with E-state index in [2.05, 4.69) is 4.90 Å². The highest BCUT2D eigenvalue weighted by Gasteiger charge is 2.17. The Morgan fingerprint density at radius 1 is 1.25 bits per heavy atom. The number of sulfone groups is 1. The normalized spacial score (nSPS) is 20.1. The zero-order chi connectivity index (χ0) is 12.0. The van der Waals surface area contributed by atoms with Crippen LogP contribution in [0.15, 0.2) is 0 Å². The molecule has 0 radical (unpaired) electrons. The van der Waals surface area contributed by atoms with Crippen LogP contribution in [0.2, 0.25) is 0 Å². The molecule has 1 saturated heterocycles. The number of hydrogen-bond acceptors (Lipinski definition) is 4. The SMILES string of the molecule is CS(=O)(=O)CCCCN1CCC(CO)CC1. The Hall–Kier alpha value is -0.130. The molecule has 1 aliphatic rings. The van der Waals surface area contributed by atoms with Crippen molar-refractivity contribution in [2.75, 3.05) is 38.2 Å². The Morgan fingerprint density at radius 3 is 2.38 bits per heavy atom. The van der Waals surface area contributed by atoms with Gasteiger partial charge in [0.05, 0.1) is 0 Å². The molecule has 0 amide bonds. The molecule has 1 N–H and O–H groups in total. The van der Waals surface area contributed by atoms with Crippen molar-refractivity contribution in [3.8, 4) is 0 Å². The maximum Gasteiger partial charge on any atom is 0.147 e. The predicted octanol–water partition coefficient (Wildman–Crippen LogP) is 0.515.